The minimum absolute atomic E-state index is 0. The zero-order valence-electron chi connectivity index (χ0n) is 13.7. The molecule has 0 amide bonds. The van der Waals surface area contributed by atoms with E-state index in [9.17, 15) is 8.42 Å². The lowest BCUT2D eigenvalue weighted by atomic mass is 10.2. The largest absolute Gasteiger partial charge is 0.470 e. The molecule has 0 fully saturated rings. The Morgan fingerprint density at radius 2 is 1.92 bits per heavy atom. The van der Waals surface area contributed by atoms with E-state index in [1.807, 2.05) is 25.2 Å². The molecule has 0 spiro atoms. The normalized spacial score (nSPS) is 18.0. The van der Waals surface area contributed by atoms with E-state index >= 15 is 0 Å². The highest BCUT2D eigenvalue weighted by Gasteiger charge is 2.40. The highest BCUT2D eigenvalue weighted by molar-refractivity contribution is 7.93. The Morgan fingerprint density at radius 3 is 2.60 bits per heavy atom. The van der Waals surface area contributed by atoms with Gasteiger partial charge >= 0.3 is 0 Å². The van der Waals surface area contributed by atoms with Gasteiger partial charge in [0.1, 0.15) is 5.75 Å². The Labute approximate surface area is 159 Å². The minimum Gasteiger partial charge on any atom is -0.470 e. The van der Waals surface area contributed by atoms with Gasteiger partial charge in [-0.05, 0) is 44.3 Å². The fourth-order valence-electron chi connectivity index (χ4n) is 2.71. The summed E-state index contributed by atoms with van der Waals surface area (Å²) in [7, 11) is -1.85. The monoisotopic (exact) mass is 402 g/mol. The second kappa shape index (κ2) is 8.27. The maximum Gasteiger partial charge on any atom is 0.277 e. The number of nitrogens with zero attached hydrogens (tertiary/aromatic N) is 1. The number of hydrogen-bond acceptors (Lipinski definition) is 4. The zero-order chi connectivity index (χ0) is 17.2. The van der Waals surface area contributed by atoms with E-state index in [-0.39, 0.29) is 12.4 Å². The summed E-state index contributed by atoms with van der Waals surface area (Å²) >= 11 is 6.06. The number of fused-ring (bicyclic) bond motifs is 1. The molecule has 0 radical (unpaired) electrons. The second-order valence-electron chi connectivity index (χ2n) is 5.55. The van der Waals surface area contributed by atoms with E-state index in [0.717, 1.165) is 6.54 Å². The first-order chi connectivity index (χ1) is 11.5. The number of para-hydroxylation sites is 1. The number of sulfonamides is 1. The molecule has 0 saturated carbocycles. The molecule has 25 heavy (non-hydrogen) atoms. The van der Waals surface area contributed by atoms with Crippen molar-refractivity contribution in [3.8, 4) is 5.75 Å². The van der Waals surface area contributed by atoms with Crippen molar-refractivity contribution in [1.82, 2.24) is 5.32 Å². The van der Waals surface area contributed by atoms with Crippen LogP contribution in [0, 0.1) is 0 Å². The third kappa shape index (κ3) is 4.03. The van der Waals surface area contributed by atoms with Crippen molar-refractivity contribution in [3.05, 3.63) is 53.6 Å². The van der Waals surface area contributed by atoms with E-state index in [4.69, 9.17) is 16.3 Å². The standard InChI is InChI=1S/C17H19ClN2O3S.ClH/c1-19-11-5-8-17-23-16-12-13(18)9-10-15(16)20(24(17,21)22)14-6-3-2-4-7-14;/h2-4,6-7,9-10,12,17,19H,5,8,11H2,1H3;1H. The van der Waals surface area contributed by atoms with E-state index in [2.05, 4.69) is 5.32 Å². The number of anilines is 2. The van der Waals surface area contributed by atoms with Gasteiger partial charge in [-0.15, -0.1) is 12.4 Å². The van der Waals surface area contributed by atoms with Gasteiger partial charge in [0.25, 0.3) is 10.0 Å². The summed E-state index contributed by atoms with van der Waals surface area (Å²) in [5.41, 5.74) is 0.135. The fourth-order valence-corrected chi connectivity index (χ4v) is 4.64. The average Bonchev–Trinajstić information content (AvgIpc) is 2.56. The van der Waals surface area contributed by atoms with Crippen LogP contribution in [0.3, 0.4) is 0 Å². The van der Waals surface area contributed by atoms with Gasteiger partial charge in [-0.1, -0.05) is 29.8 Å². The second-order valence-corrected chi connectivity index (χ2v) is 7.91. The lowest BCUT2D eigenvalue weighted by Crippen LogP contribution is -2.43. The summed E-state index contributed by atoms with van der Waals surface area (Å²) < 4.78 is 33.3. The smallest absolute Gasteiger partial charge is 0.277 e. The maximum atomic E-state index is 13.1. The Kier molecular flexibility index (Phi) is 6.57. The van der Waals surface area contributed by atoms with Gasteiger partial charge in [0.05, 0.1) is 11.4 Å². The summed E-state index contributed by atoms with van der Waals surface area (Å²) in [5, 5.41) is 3.53. The molecule has 2 aromatic rings. The Morgan fingerprint density at radius 1 is 1.20 bits per heavy atom. The molecule has 2 aromatic carbocycles. The molecular formula is C17H20Cl2N2O3S. The molecule has 5 nitrogen and oxygen atoms in total. The Bertz CT molecular complexity index is 816. The number of hydrogen-bond donors (Lipinski definition) is 1. The van der Waals surface area contributed by atoms with Crippen LogP contribution in [0.25, 0.3) is 0 Å². The topological polar surface area (TPSA) is 58.6 Å². The maximum absolute atomic E-state index is 13.1. The highest BCUT2D eigenvalue weighted by Crippen LogP contribution is 2.44. The molecule has 1 heterocycles. The lowest BCUT2D eigenvalue weighted by Gasteiger charge is -2.35. The first-order valence-corrected chi connectivity index (χ1v) is 9.62. The first-order valence-electron chi connectivity index (χ1n) is 7.74. The third-order valence-corrected chi connectivity index (χ3v) is 5.99. The van der Waals surface area contributed by atoms with Crippen LogP contribution in [-0.2, 0) is 10.0 Å². The van der Waals surface area contributed by atoms with Crippen LogP contribution >= 0.6 is 24.0 Å². The molecule has 1 N–H and O–H groups in total. The van der Waals surface area contributed by atoms with Crippen molar-refractivity contribution in [2.24, 2.45) is 0 Å². The van der Waals surface area contributed by atoms with E-state index in [0.29, 0.717) is 35.0 Å². The quantitative estimate of drug-likeness (QED) is 0.769. The molecule has 1 aliphatic rings. The van der Waals surface area contributed by atoms with Gasteiger partial charge < -0.3 is 10.1 Å². The van der Waals surface area contributed by atoms with E-state index < -0.39 is 15.5 Å². The predicted molar refractivity (Wildman–Crippen MR) is 104 cm³/mol. The average molecular weight is 403 g/mol. The van der Waals surface area contributed by atoms with Gasteiger partial charge in [0.2, 0.25) is 5.44 Å². The van der Waals surface area contributed by atoms with Crippen LogP contribution in [0.15, 0.2) is 48.5 Å². The van der Waals surface area contributed by atoms with Crippen LogP contribution in [0.2, 0.25) is 5.02 Å². The highest BCUT2D eigenvalue weighted by atomic mass is 35.5. The van der Waals surface area contributed by atoms with Crippen molar-refractivity contribution in [1.29, 1.82) is 0 Å². The van der Waals surface area contributed by atoms with Gasteiger partial charge in [0.15, 0.2) is 0 Å². The van der Waals surface area contributed by atoms with Crippen molar-refractivity contribution in [3.63, 3.8) is 0 Å². The van der Waals surface area contributed by atoms with E-state index in [1.54, 1.807) is 30.3 Å². The number of ether oxygens (including phenoxy) is 1. The SMILES string of the molecule is CNCCCC1Oc2cc(Cl)ccc2N(c2ccccc2)S1(=O)=O.Cl. The fraction of sp³-hybridized carbons (Fsp3) is 0.294. The molecule has 1 atom stereocenters. The lowest BCUT2D eigenvalue weighted by molar-refractivity contribution is 0.254. The first kappa shape index (κ1) is 19.8. The van der Waals surface area contributed by atoms with Crippen LogP contribution in [-0.4, -0.2) is 27.4 Å². The van der Waals surface area contributed by atoms with Crippen LogP contribution < -0.4 is 14.4 Å². The summed E-state index contributed by atoms with van der Waals surface area (Å²) in [5.74, 6) is 0.482. The van der Waals surface area contributed by atoms with Crippen molar-refractivity contribution < 1.29 is 13.2 Å². The van der Waals surface area contributed by atoms with Crippen LogP contribution in [0.5, 0.6) is 5.75 Å². The van der Waals surface area contributed by atoms with Gasteiger partial charge in [-0.2, -0.15) is 0 Å². The van der Waals surface area contributed by atoms with Gasteiger partial charge in [-0.25, -0.2) is 12.7 Å². The van der Waals surface area contributed by atoms with Crippen LogP contribution in [0.1, 0.15) is 12.8 Å². The van der Waals surface area contributed by atoms with Crippen molar-refractivity contribution in [2.45, 2.75) is 18.3 Å². The molecule has 1 unspecified atom stereocenters. The summed E-state index contributed by atoms with van der Waals surface area (Å²) in [6, 6.07) is 14.0. The number of halogens is 2. The molecule has 1 aliphatic heterocycles. The summed E-state index contributed by atoms with van der Waals surface area (Å²) in [6.45, 7) is 0.725. The summed E-state index contributed by atoms with van der Waals surface area (Å²) in [4.78, 5) is 0. The molecule has 0 bridgehead atoms. The number of rotatable bonds is 5. The van der Waals surface area contributed by atoms with Gasteiger partial charge in [0, 0.05) is 17.5 Å². The Hall–Kier alpha value is -1.47. The molecular weight excluding hydrogens is 383 g/mol. The van der Waals surface area contributed by atoms with Crippen molar-refractivity contribution in [2.75, 3.05) is 17.9 Å². The summed E-state index contributed by atoms with van der Waals surface area (Å²) in [6.07, 6.45) is 1.09. The molecule has 8 heteroatoms. The zero-order valence-corrected chi connectivity index (χ0v) is 16.1. The predicted octanol–water partition coefficient (Wildman–Crippen LogP) is 3.95. The number of benzene rings is 2. The van der Waals surface area contributed by atoms with Gasteiger partial charge in [-0.3, -0.25) is 0 Å². The minimum atomic E-state index is -3.68. The van der Waals surface area contributed by atoms with Crippen molar-refractivity contribution >= 4 is 45.4 Å². The molecule has 3 rings (SSSR count). The third-order valence-electron chi connectivity index (χ3n) is 3.84. The molecule has 136 valence electrons. The molecule has 0 saturated heterocycles. The van der Waals surface area contributed by atoms with Crippen LogP contribution in [0.4, 0.5) is 11.4 Å². The van der Waals surface area contributed by atoms with E-state index in [1.165, 1.54) is 4.31 Å². The number of nitrogens with one attached hydrogen (secondary N) is 1. The molecule has 0 aliphatic carbocycles. The Balaban J connectivity index is 0.00000225. The molecule has 0 aromatic heterocycles.